The minimum Gasteiger partial charge on any atom is -0.372 e. The molecule has 4 nitrogen and oxygen atoms in total. The summed E-state index contributed by atoms with van der Waals surface area (Å²) >= 11 is 0. The van der Waals surface area contributed by atoms with E-state index in [9.17, 15) is 9.59 Å². The average molecular weight is 199 g/mol. The zero-order valence-electron chi connectivity index (χ0n) is 8.71. The van der Waals surface area contributed by atoms with Gasteiger partial charge in [-0.05, 0) is 19.8 Å². The molecular formula is C10H17NO3. The van der Waals surface area contributed by atoms with Crippen LogP contribution in [0.3, 0.4) is 0 Å². The van der Waals surface area contributed by atoms with Crippen molar-refractivity contribution >= 4 is 11.7 Å². The highest BCUT2D eigenvalue weighted by Gasteiger charge is 2.22. The summed E-state index contributed by atoms with van der Waals surface area (Å²) in [5, 5.41) is 2.87. The molecule has 0 radical (unpaired) electrons. The second-order valence-electron chi connectivity index (χ2n) is 3.70. The molecule has 0 saturated heterocycles. The molecule has 0 aromatic heterocycles. The van der Waals surface area contributed by atoms with E-state index >= 15 is 0 Å². The van der Waals surface area contributed by atoms with Gasteiger partial charge in [-0.3, -0.25) is 9.59 Å². The van der Waals surface area contributed by atoms with Gasteiger partial charge in [0.1, 0.15) is 11.9 Å². The van der Waals surface area contributed by atoms with E-state index in [1.165, 1.54) is 7.11 Å². The molecule has 0 spiro atoms. The van der Waals surface area contributed by atoms with Gasteiger partial charge in [0, 0.05) is 26.0 Å². The van der Waals surface area contributed by atoms with Gasteiger partial charge in [-0.15, -0.1) is 0 Å². The van der Waals surface area contributed by atoms with Crippen LogP contribution >= 0.6 is 0 Å². The maximum absolute atomic E-state index is 11.4. The summed E-state index contributed by atoms with van der Waals surface area (Å²) in [6.45, 7) is 1.71. The van der Waals surface area contributed by atoms with Gasteiger partial charge in [-0.25, -0.2) is 0 Å². The van der Waals surface area contributed by atoms with Crippen LogP contribution in [0, 0.1) is 0 Å². The summed E-state index contributed by atoms with van der Waals surface area (Å²) in [4.78, 5) is 22.3. The number of hydrogen-bond donors (Lipinski definition) is 1. The zero-order valence-corrected chi connectivity index (χ0v) is 8.71. The molecule has 0 aromatic carbocycles. The second kappa shape index (κ2) is 5.10. The molecule has 4 heteroatoms. The predicted octanol–water partition coefficient (Wildman–Crippen LogP) is 0.649. The van der Waals surface area contributed by atoms with Gasteiger partial charge < -0.3 is 10.1 Å². The summed E-state index contributed by atoms with van der Waals surface area (Å²) in [6.07, 6.45) is 2.30. The fourth-order valence-corrected chi connectivity index (χ4v) is 1.51. The van der Waals surface area contributed by atoms with Crippen LogP contribution in [0.25, 0.3) is 0 Å². The van der Waals surface area contributed by atoms with Crippen LogP contribution in [-0.2, 0) is 14.3 Å². The number of nitrogens with one attached hydrogen (secondary N) is 1. The maximum atomic E-state index is 11.4. The third-order valence-electron chi connectivity index (χ3n) is 2.61. The van der Waals surface area contributed by atoms with Crippen molar-refractivity contribution in [1.82, 2.24) is 5.32 Å². The molecule has 0 heterocycles. The number of amides is 1. The van der Waals surface area contributed by atoms with Crippen LogP contribution in [0.1, 0.15) is 32.6 Å². The van der Waals surface area contributed by atoms with Crippen LogP contribution < -0.4 is 5.32 Å². The molecule has 1 saturated carbocycles. The van der Waals surface area contributed by atoms with Crippen molar-refractivity contribution in [2.45, 2.75) is 44.8 Å². The minimum atomic E-state index is -0.410. The number of Topliss-reactive ketones (excluding diaryl/α,β-unsaturated/α-hetero) is 1. The highest BCUT2D eigenvalue weighted by Crippen LogP contribution is 2.14. The number of rotatable bonds is 3. The van der Waals surface area contributed by atoms with Gasteiger partial charge in [0.15, 0.2) is 0 Å². The van der Waals surface area contributed by atoms with Gasteiger partial charge in [0.05, 0.1) is 0 Å². The monoisotopic (exact) mass is 199 g/mol. The number of ether oxygens (including phenoxy) is 1. The quantitative estimate of drug-likeness (QED) is 0.726. The molecule has 1 aliphatic carbocycles. The Kier molecular flexibility index (Phi) is 4.07. The molecular weight excluding hydrogens is 182 g/mol. The lowest BCUT2D eigenvalue weighted by molar-refractivity contribution is -0.131. The minimum absolute atomic E-state index is 0.0909. The first kappa shape index (κ1) is 11.2. The van der Waals surface area contributed by atoms with E-state index in [4.69, 9.17) is 4.74 Å². The lowest BCUT2D eigenvalue weighted by Gasteiger charge is -2.23. The number of carbonyl (C=O) groups excluding carboxylic acids is 2. The zero-order chi connectivity index (χ0) is 10.6. The van der Waals surface area contributed by atoms with Crippen molar-refractivity contribution in [2.75, 3.05) is 7.11 Å². The van der Waals surface area contributed by atoms with E-state index < -0.39 is 6.10 Å². The average Bonchev–Trinajstić information content (AvgIpc) is 2.20. The Balaban J connectivity index is 2.30. The second-order valence-corrected chi connectivity index (χ2v) is 3.70. The Labute approximate surface area is 84.0 Å². The summed E-state index contributed by atoms with van der Waals surface area (Å²) in [6, 6.07) is 0.151. The van der Waals surface area contributed by atoms with E-state index in [0.29, 0.717) is 18.6 Å². The topological polar surface area (TPSA) is 55.4 Å². The highest BCUT2D eigenvalue weighted by atomic mass is 16.5. The molecule has 1 amide bonds. The van der Waals surface area contributed by atoms with Gasteiger partial charge in [-0.1, -0.05) is 0 Å². The molecule has 1 N–H and O–H groups in total. The summed E-state index contributed by atoms with van der Waals surface area (Å²) in [5.74, 6) is 0.210. The van der Waals surface area contributed by atoms with E-state index in [1.807, 2.05) is 0 Å². The molecule has 1 atom stereocenters. The van der Waals surface area contributed by atoms with Crippen molar-refractivity contribution in [1.29, 1.82) is 0 Å². The van der Waals surface area contributed by atoms with E-state index in [1.54, 1.807) is 6.92 Å². The van der Waals surface area contributed by atoms with Crippen LogP contribution in [0.15, 0.2) is 0 Å². The summed E-state index contributed by atoms with van der Waals surface area (Å²) in [5.41, 5.74) is 0. The summed E-state index contributed by atoms with van der Waals surface area (Å²) in [7, 11) is 1.51. The standard InChI is InChI=1S/C10H17NO3/c1-7(14-2)10(13)11-8-3-5-9(12)6-4-8/h7-8H,3-6H2,1-2H3,(H,11,13). The molecule has 1 unspecified atom stereocenters. The molecule has 1 rings (SSSR count). The number of hydrogen-bond acceptors (Lipinski definition) is 3. The SMILES string of the molecule is COC(C)C(=O)NC1CCC(=O)CC1. The van der Waals surface area contributed by atoms with Crippen molar-refractivity contribution in [3.05, 3.63) is 0 Å². The van der Waals surface area contributed by atoms with Crippen molar-refractivity contribution in [2.24, 2.45) is 0 Å². The first-order valence-electron chi connectivity index (χ1n) is 4.98. The number of methoxy groups -OCH3 is 1. The lowest BCUT2D eigenvalue weighted by Crippen LogP contribution is -2.42. The third-order valence-corrected chi connectivity index (χ3v) is 2.61. The molecule has 1 aliphatic rings. The first-order chi connectivity index (χ1) is 6.63. The molecule has 80 valence electrons. The lowest BCUT2D eigenvalue weighted by atomic mass is 9.94. The Morgan fingerprint density at radius 2 is 2.07 bits per heavy atom. The van der Waals surface area contributed by atoms with Crippen LogP contribution in [-0.4, -0.2) is 30.9 Å². The van der Waals surface area contributed by atoms with Crippen molar-refractivity contribution < 1.29 is 14.3 Å². The van der Waals surface area contributed by atoms with E-state index in [-0.39, 0.29) is 11.9 Å². The van der Waals surface area contributed by atoms with Crippen molar-refractivity contribution in [3.63, 3.8) is 0 Å². The Bertz CT molecular complexity index is 217. The fourth-order valence-electron chi connectivity index (χ4n) is 1.51. The van der Waals surface area contributed by atoms with E-state index in [0.717, 1.165) is 12.8 Å². The molecule has 0 aliphatic heterocycles. The Hall–Kier alpha value is -0.900. The van der Waals surface area contributed by atoms with Gasteiger partial charge in [0.2, 0.25) is 5.91 Å². The molecule has 14 heavy (non-hydrogen) atoms. The Morgan fingerprint density at radius 3 is 2.57 bits per heavy atom. The smallest absolute Gasteiger partial charge is 0.249 e. The normalized spacial score (nSPS) is 20.6. The maximum Gasteiger partial charge on any atom is 0.249 e. The molecule has 0 aromatic rings. The van der Waals surface area contributed by atoms with Crippen molar-refractivity contribution in [3.8, 4) is 0 Å². The Morgan fingerprint density at radius 1 is 1.50 bits per heavy atom. The van der Waals surface area contributed by atoms with Gasteiger partial charge in [-0.2, -0.15) is 0 Å². The van der Waals surface area contributed by atoms with E-state index in [2.05, 4.69) is 5.32 Å². The van der Waals surface area contributed by atoms with Gasteiger partial charge in [0.25, 0.3) is 0 Å². The third kappa shape index (κ3) is 3.10. The number of carbonyl (C=O) groups is 2. The molecule has 1 fully saturated rings. The fraction of sp³-hybridized carbons (Fsp3) is 0.800. The highest BCUT2D eigenvalue weighted by molar-refractivity contribution is 5.82. The largest absolute Gasteiger partial charge is 0.372 e. The predicted molar refractivity (Wildman–Crippen MR) is 51.9 cm³/mol. The number of ketones is 1. The first-order valence-corrected chi connectivity index (χ1v) is 4.98. The van der Waals surface area contributed by atoms with Crippen LogP contribution in [0.4, 0.5) is 0 Å². The van der Waals surface area contributed by atoms with Crippen LogP contribution in [0.2, 0.25) is 0 Å². The van der Waals surface area contributed by atoms with Gasteiger partial charge >= 0.3 is 0 Å². The summed E-state index contributed by atoms with van der Waals surface area (Å²) < 4.78 is 4.90. The molecule has 0 bridgehead atoms. The van der Waals surface area contributed by atoms with Crippen LogP contribution in [0.5, 0.6) is 0 Å².